The van der Waals surface area contributed by atoms with Gasteiger partial charge in [0, 0.05) is 6.54 Å². The molecule has 19 heavy (non-hydrogen) atoms. The molecule has 0 saturated heterocycles. The minimum Gasteiger partial charge on any atom is -0.480 e. The van der Waals surface area contributed by atoms with E-state index in [-0.39, 0.29) is 0 Å². The standard InChI is InChI=1S/C16H17NO2/c18-16(19)15(14-9-5-2-6-10-14)17-12-11-13-7-3-1-4-8-13/h1-10,15,17H,11-12H2,(H,18,19)/t15-/m0/s1. The highest BCUT2D eigenvalue weighted by Gasteiger charge is 2.18. The fourth-order valence-corrected chi connectivity index (χ4v) is 2.00. The predicted molar refractivity (Wildman–Crippen MR) is 75.0 cm³/mol. The lowest BCUT2D eigenvalue weighted by atomic mass is 10.1. The zero-order valence-corrected chi connectivity index (χ0v) is 10.6. The number of carboxylic acid groups (broad SMARTS) is 1. The molecule has 0 aliphatic heterocycles. The van der Waals surface area contributed by atoms with E-state index in [0.29, 0.717) is 6.54 Å². The van der Waals surface area contributed by atoms with E-state index in [1.54, 1.807) is 0 Å². The third kappa shape index (κ3) is 3.93. The van der Waals surface area contributed by atoms with E-state index in [4.69, 9.17) is 0 Å². The summed E-state index contributed by atoms with van der Waals surface area (Å²) in [4.78, 5) is 11.3. The van der Waals surface area contributed by atoms with Crippen LogP contribution in [0.1, 0.15) is 17.2 Å². The Balaban J connectivity index is 1.94. The van der Waals surface area contributed by atoms with Gasteiger partial charge in [-0.3, -0.25) is 4.79 Å². The maximum absolute atomic E-state index is 11.3. The summed E-state index contributed by atoms with van der Waals surface area (Å²) in [7, 11) is 0. The average molecular weight is 255 g/mol. The SMILES string of the molecule is O=C(O)[C@@H](NCCc1ccccc1)c1ccccc1. The normalized spacial score (nSPS) is 12.0. The van der Waals surface area contributed by atoms with E-state index in [1.165, 1.54) is 5.56 Å². The van der Waals surface area contributed by atoms with Crippen molar-refractivity contribution in [3.63, 3.8) is 0 Å². The minimum atomic E-state index is -0.848. The Kier molecular flexibility index (Phi) is 4.70. The Morgan fingerprint density at radius 2 is 1.58 bits per heavy atom. The second kappa shape index (κ2) is 6.71. The van der Waals surface area contributed by atoms with E-state index in [2.05, 4.69) is 5.32 Å². The molecular formula is C16H17NO2. The van der Waals surface area contributed by atoms with Crippen molar-refractivity contribution in [2.45, 2.75) is 12.5 Å². The zero-order chi connectivity index (χ0) is 13.5. The van der Waals surface area contributed by atoms with Crippen molar-refractivity contribution in [2.24, 2.45) is 0 Å². The van der Waals surface area contributed by atoms with Gasteiger partial charge in [-0.1, -0.05) is 60.7 Å². The number of hydrogen-bond donors (Lipinski definition) is 2. The van der Waals surface area contributed by atoms with Gasteiger partial charge >= 0.3 is 5.97 Å². The van der Waals surface area contributed by atoms with Crippen LogP contribution in [0.2, 0.25) is 0 Å². The lowest BCUT2D eigenvalue weighted by molar-refractivity contribution is -0.139. The summed E-state index contributed by atoms with van der Waals surface area (Å²) in [5.41, 5.74) is 1.98. The molecule has 1 atom stereocenters. The molecule has 3 nitrogen and oxygen atoms in total. The summed E-state index contributed by atoms with van der Waals surface area (Å²) in [6, 6.07) is 18.6. The molecule has 2 aromatic rings. The molecule has 2 aromatic carbocycles. The number of carboxylic acids is 1. The third-order valence-corrected chi connectivity index (χ3v) is 2.98. The van der Waals surface area contributed by atoms with Crippen LogP contribution < -0.4 is 5.32 Å². The van der Waals surface area contributed by atoms with Crippen molar-refractivity contribution in [2.75, 3.05) is 6.54 Å². The Hall–Kier alpha value is -2.13. The van der Waals surface area contributed by atoms with Crippen LogP contribution in [-0.2, 0) is 11.2 Å². The first kappa shape index (κ1) is 13.3. The van der Waals surface area contributed by atoms with Crippen LogP contribution in [0.15, 0.2) is 60.7 Å². The van der Waals surface area contributed by atoms with Crippen molar-refractivity contribution in [3.8, 4) is 0 Å². The molecule has 0 aliphatic carbocycles. The Labute approximate surface area is 112 Å². The van der Waals surface area contributed by atoms with Gasteiger partial charge in [0.2, 0.25) is 0 Å². The molecule has 0 saturated carbocycles. The van der Waals surface area contributed by atoms with Crippen molar-refractivity contribution in [3.05, 3.63) is 71.8 Å². The fraction of sp³-hybridized carbons (Fsp3) is 0.188. The van der Waals surface area contributed by atoms with Gasteiger partial charge in [-0.25, -0.2) is 0 Å². The Morgan fingerprint density at radius 1 is 1.00 bits per heavy atom. The molecule has 2 N–H and O–H groups in total. The molecule has 0 aromatic heterocycles. The monoisotopic (exact) mass is 255 g/mol. The van der Waals surface area contributed by atoms with Crippen molar-refractivity contribution in [1.82, 2.24) is 5.32 Å². The van der Waals surface area contributed by atoms with Crippen LogP contribution in [0, 0.1) is 0 Å². The minimum absolute atomic E-state index is 0.635. The second-order valence-electron chi connectivity index (χ2n) is 4.37. The lowest BCUT2D eigenvalue weighted by Crippen LogP contribution is -2.30. The van der Waals surface area contributed by atoms with Gasteiger partial charge in [0.05, 0.1) is 0 Å². The summed E-state index contributed by atoms with van der Waals surface area (Å²) >= 11 is 0. The summed E-state index contributed by atoms with van der Waals surface area (Å²) < 4.78 is 0. The van der Waals surface area contributed by atoms with Gasteiger partial charge in [-0.2, -0.15) is 0 Å². The van der Waals surface area contributed by atoms with E-state index in [0.717, 1.165) is 12.0 Å². The highest BCUT2D eigenvalue weighted by molar-refractivity contribution is 5.75. The second-order valence-corrected chi connectivity index (χ2v) is 4.37. The van der Waals surface area contributed by atoms with Gasteiger partial charge in [0.25, 0.3) is 0 Å². The molecule has 0 heterocycles. The molecular weight excluding hydrogens is 238 g/mol. The summed E-state index contributed by atoms with van der Waals surface area (Å²) in [5, 5.41) is 12.3. The van der Waals surface area contributed by atoms with Crippen LogP contribution in [-0.4, -0.2) is 17.6 Å². The van der Waals surface area contributed by atoms with E-state index >= 15 is 0 Å². The van der Waals surface area contributed by atoms with Crippen molar-refractivity contribution in [1.29, 1.82) is 0 Å². The Morgan fingerprint density at radius 3 is 2.16 bits per heavy atom. The first-order chi connectivity index (χ1) is 9.27. The fourth-order valence-electron chi connectivity index (χ4n) is 2.00. The van der Waals surface area contributed by atoms with Crippen LogP contribution in [0.5, 0.6) is 0 Å². The third-order valence-electron chi connectivity index (χ3n) is 2.98. The van der Waals surface area contributed by atoms with Crippen molar-refractivity contribution < 1.29 is 9.90 Å². The molecule has 2 rings (SSSR count). The predicted octanol–water partition coefficient (Wildman–Crippen LogP) is 2.64. The van der Waals surface area contributed by atoms with Gasteiger partial charge < -0.3 is 10.4 Å². The number of hydrogen-bond acceptors (Lipinski definition) is 2. The molecule has 0 bridgehead atoms. The first-order valence-electron chi connectivity index (χ1n) is 6.32. The van der Waals surface area contributed by atoms with Crippen LogP contribution in [0.25, 0.3) is 0 Å². The Bertz CT molecular complexity index is 511. The van der Waals surface area contributed by atoms with Gasteiger partial charge in [-0.15, -0.1) is 0 Å². The average Bonchev–Trinajstić information content (AvgIpc) is 2.45. The first-order valence-corrected chi connectivity index (χ1v) is 6.32. The molecule has 3 heteroatoms. The van der Waals surface area contributed by atoms with E-state index < -0.39 is 12.0 Å². The topological polar surface area (TPSA) is 49.3 Å². The molecule has 0 fully saturated rings. The van der Waals surface area contributed by atoms with Gasteiger partial charge in [-0.05, 0) is 17.5 Å². The van der Waals surface area contributed by atoms with Crippen LogP contribution in [0.4, 0.5) is 0 Å². The smallest absolute Gasteiger partial charge is 0.325 e. The summed E-state index contributed by atoms with van der Waals surface area (Å²) in [6.45, 7) is 0.635. The van der Waals surface area contributed by atoms with Crippen LogP contribution in [0.3, 0.4) is 0 Å². The van der Waals surface area contributed by atoms with Crippen molar-refractivity contribution >= 4 is 5.97 Å². The summed E-state index contributed by atoms with van der Waals surface area (Å²) in [5.74, 6) is -0.848. The molecule has 0 radical (unpaired) electrons. The molecule has 0 unspecified atom stereocenters. The maximum Gasteiger partial charge on any atom is 0.325 e. The highest BCUT2D eigenvalue weighted by atomic mass is 16.4. The number of aliphatic carboxylic acids is 1. The van der Waals surface area contributed by atoms with E-state index in [9.17, 15) is 9.90 Å². The summed E-state index contributed by atoms with van der Waals surface area (Å²) in [6.07, 6.45) is 0.817. The quantitative estimate of drug-likeness (QED) is 0.834. The number of rotatable bonds is 6. The highest BCUT2D eigenvalue weighted by Crippen LogP contribution is 2.12. The number of nitrogens with one attached hydrogen (secondary N) is 1. The lowest BCUT2D eigenvalue weighted by Gasteiger charge is -2.14. The largest absolute Gasteiger partial charge is 0.480 e. The number of benzene rings is 2. The molecule has 0 aliphatic rings. The van der Waals surface area contributed by atoms with Crippen LogP contribution >= 0.6 is 0 Å². The number of carbonyl (C=O) groups is 1. The van der Waals surface area contributed by atoms with Gasteiger partial charge in [0.15, 0.2) is 0 Å². The molecule has 0 amide bonds. The molecule has 98 valence electrons. The molecule has 0 spiro atoms. The van der Waals surface area contributed by atoms with E-state index in [1.807, 2.05) is 60.7 Å². The zero-order valence-electron chi connectivity index (χ0n) is 10.6. The van der Waals surface area contributed by atoms with Gasteiger partial charge in [0.1, 0.15) is 6.04 Å². The maximum atomic E-state index is 11.3.